The van der Waals surface area contributed by atoms with Gasteiger partial charge in [-0.2, -0.15) is 0 Å². The quantitative estimate of drug-likeness (QED) is 0.890. The molecule has 1 N–H and O–H groups in total. The van der Waals surface area contributed by atoms with Crippen LogP contribution < -0.4 is 0 Å². The Morgan fingerprint density at radius 2 is 1.67 bits per heavy atom. The van der Waals surface area contributed by atoms with Crippen LogP contribution in [-0.4, -0.2) is 34.5 Å². The molecular weight excluding hydrogens is 230 g/mol. The van der Waals surface area contributed by atoms with Crippen molar-refractivity contribution in [3.8, 4) is 0 Å². The Morgan fingerprint density at radius 3 is 2.06 bits per heavy atom. The summed E-state index contributed by atoms with van der Waals surface area (Å²) in [6.45, 7) is 7.18. The van der Waals surface area contributed by atoms with Crippen LogP contribution >= 0.6 is 0 Å². The summed E-state index contributed by atoms with van der Waals surface area (Å²) in [7, 11) is 0. The molecule has 0 atom stereocenters. The Hall–Kier alpha value is -1.84. The van der Waals surface area contributed by atoms with Gasteiger partial charge in [-0.15, -0.1) is 0 Å². The molecule has 1 aromatic rings. The zero-order chi connectivity index (χ0) is 13.9. The Kier molecular flexibility index (Phi) is 4.48. The van der Waals surface area contributed by atoms with Gasteiger partial charge in [0.2, 0.25) is 0 Å². The first-order valence-electron chi connectivity index (χ1n) is 5.92. The summed E-state index contributed by atoms with van der Waals surface area (Å²) in [6, 6.07) is 5.40. The SMILES string of the molecule is Cc1cc(C)cc(C(=O)N(CC(=O)O)C(C)C)c1. The highest BCUT2D eigenvalue weighted by atomic mass is 16.4. The predicted molar refractivity (Wildman–Crippen MR) is 69.7 cm³/mol. The van der Waals surface area contributed by atoms with E-state index >= 15 is 0 Å². The van der Waals surface area contributed by atoms with Crippen LogP contribution in [0.3, 0.4) is 0 Å². The van der Waals surface area contributed by atoms with E-state index in [0.717, 1.165) is 11.1 Å². The molecule has 0 aliphatic heterocycles. The van der Waals surface area contributed by atoms with Crippen LogP contribution in [0.15, 0.2) is 18.2 Å². The summed E-state index contributed by atoms with van der Waals surface area (Å²) in [5, 5.41) is 8.84. The van der Waals surface area contributed by atoms with Gasteiger partial charge in [-0.3, -0.25) is 9.59 Å². The first-order chi connectivity index (χ1) is 8.31. The van der Waals surface area contributed by atoms with E-state index in [2.05, 4.69) is 0 Å². The molecule has 0 aliphatic rings. The third-order valence-electron chi connectivity index (χ3n) is 2.66. The molecule has 0 aliphatic carbocycles. The fourth-order valence-corrected chi connectivity index (χ4v) is 1.90. The summed E-state index contributed by atoms with van der Waals surface area (Å²) < 4.78 is 0. The van der Waals surface area contributed by atoms with Crippen molar-refractivity contribution in [2.24, 2.45) is 0 Å². The van der Waals surface area contributed by atoms with Crippen molar-refractivity contribution in [2.75, 3.05) is 6.54 Å². The second kappa shape index (κ2) is 5.67. The topological polar surface area (TPSA) is 57.6 Å². The number of rotatable bonds is 4. The van der Waals surface area contributed by atoms with Crippen molar-refractivity contribution in [3.05, 3.63) is 34.9 Å². The number of carbonyl (C=O) groups is 2. The molecule has 0 aromatic heterocycles. The Bertz CT molecular complexity index is 446. The molecule has 18 heavy (non-hydrogen) atoms. The van der Waals surface area contributed by atoms with Gasteiger partial charge in [0.1, 0.15) is 6.54 Å². The van der Waals surface area contributed by atoms with Crippen molar-refractivity contribution < 1.29 is 14.7 Å². The van der Waals surface area contributed by atoms with Crippen molar-refractivity contribution in [3.63, 3.8) is 0 Å². The Morgan fingerprint density at radius 1 is 1.17 bits per heavy atom. The number of aryl methyl sites for hydroxylation is 2. The lowest BCUT2D eigenvalue weighted by Gasteiger charge is -2.25. The largest absolute Gasteiger partial charge is 0.480 e. The van der Waals surface area contributed by atoms with Gasteiger partial charge in [0, 0.05) is 11.6 Å². The number of aliphatic carboxylic acids is 1. The Balaban J connectivity index is 3.05. The molecule has 0 unspecified atom stereocenters. The molecular formula is C14H19NO3. The molecule has 4 heteroatoms. The molecule has 1 rings (SSSR count). The summed E-state index contributed by atoms with van der Waals surface area (Å²) in [5.41, 5.74) is 2.54. The zero-order valence-corrected chi connectivity index (χ0v) is 11.2. The first-order valence-corrected chi connectivity index (χ1v) is 5.92. The number of amides is 1. The fraction of sp³-hybridized carbons (Fsp3) is 0.429. The van der Waals surface area contributed by atoms with Crippen molar-refractivity contribution in [1.29, 1.82) is 0 Å². The van der Waals surface area contributed by atoms with Crippen LogP contribution in [0.5, 0.6) is 0 Å². The normalized spacial score (nSPS) is 10.5. The van der Waals surface area contributed by atoms with Crippen molar-refractivity contribution in [1.82, 2.24) is 4.90 Å². The van der Waals surface area contributed by atoms with Gasteiger partial charge in [0.15, 0.2) is 0 Å². The predicted octanol–water partition coefficient (Wildman–Crippen LogP) is 2.24. The number of nitrogens with zero attached hydrogens (tertiary/aromatic N) is 1. The molecule has 98 valence electrons. The van der Waals surface area contributed by atoms with Crippen LogP contribution in [-0.2, 0) is 4.79 Å². The third kappa shape index (κ3) is 3.58. The second-order valence-corrected chi connectivity index (χ2v) is 4.80. The lowest BCUT2D eigenvalue weighted by molar-refractivity contribution is -0.138. The van der Waals surface area contributed by atoms with Crippen LogP contribution in [0.2, 0.25) is 0 Å². The van der Waals surface area contributed by atoms with Crippen LogP contribution in [0.4, 0.5) is 0 Å². The van der Waals surface area contributed by atoms with E-state index in [1.54, 1.807) is 12.1 Å². The van der Waals surface area contributed by atoms with E-state index < -0.39 is 5.97 Å². The van der Waals surface area contributed by atoms with Gasteiger partial charge >= 0.3 is 5.97 Å². The van der Waals surface area contributed by atoms with Gasteiger partial charge < -0.3 is 10.0 Å². The molecule has 1 aromatic carbocycles. The highest BCUT2D eigenvalue weighted by Crippen LogP contribution is 2.13. The van der Waals surface area contributed by atoms with Gasteiger partial charge in [0.25, 0.3) is 5.91 Å². The van der Waals surface area contributed by atoms with E-state index in [4.69, 9.17) is 5.11 Å². The molecule has 0 saturated heterocycles. The summed E-state index contributed by atoms with van der Waals surface area (Å²) in [5.74, 6) is -1.24. The number of benzene rings is 1. The minimum Gasteiger partial charge on any atom is -0.480 e. The molecule has 1 amide bonds. The maximum absolute atomic E-state index is 12.3. The third-order valence-corrected chi connectivity index (χ3v) is 2.66. The van der Waals surface area contributed by atoms with Gasteiger partial charge in [-0.25, -0.2) is 0 Å². The fourth-order valence-electron chi connectivity index (χ4n) is 1.90. The molecule has 4 nitrogen and oxygen atoms in total. The number of carboxylic acids is 1. The lowest BCUT2D eigenvalue weighted by Crippen LogP contribution is -2.40. The number of carbonyl (C=O) groups excluding carboxylic acids is 1. The molecule has 0 fully saturated rings. The Labute approximate surface area is 107 Å². The first kappa shape index (κ1) is 14.2. The molecule has 0 bridgehead atoms. The molecule has 0 spiro atoms. The van der Waals surface area contributed by atoms with Crippen LogP contribution in [0.1, 0.15) is 35.3 Å². The molecule has 0 heterocycles. The number of carboxylic acid groups (broad SMARTS) is 1. The summed E-state index contributed by atoms with van der Waals surface area (Å²) in [6.07, 6.45) is 0. The minimum atomic E-state index is -0.999. The van der Waals surface area contributed by atoms with Crippen LogP contribution in [0, 0.1) is 13.8 Å². The van der Waals surface area contributed by atoms with Gasteiger partial charge in [-0.1, -0.05) is 17.2 Å². The van der Waals surface area contributed by atoms with E-state index in [9.17, 15) is 9.59 Å². The lowest BCUT2D eigenvalue weighted by atomic mass is 10.1. The highest BCUT2D eigenvalue weighted by Gasteiger charge is 2.21. The zero-order valence-electron chi connectivity index (χ0n) is 11.2. The smallest absolute Gasteiger partial charge is 0.323 e. The highest BCUT2D eigenvalue weighted by molar-refractivity contribution is 5.96. The van der Waals surface area contributed by atoms with Crippen molar-refractivity contribution in [2.45, 2.75) is 33.7 Å². The standard InChI is InChI=1S/C14H19NO3/c1-9(2)15(8-13(16)17)14(18)12-6-10(3)5-11(4)7-12/h5-7,9H,8H2,1-4H3,(H,16,17). The van der Waals surface area contributed by atoms with Crippen molar-refractivity contribution >= 4 is 11.9 Å². The number of hydrogen-bond acceptors (Lipinski definition) is 2. The molecule has 0 saturated carbocycles. The van der Waals surface area contributed by atoms with E-state index in [1.807, 2.05) is 33.8 Å². The van der Waals surface area contributed by atoms with E-state index in [1.165, 1.54) is 4.90 Å². The van der Waals surface area contributed by atoms with E-state index in [0.29, 0.717) is 5.56 Å². The van der Waals surface area contributed by atoms with Gasteiger partial charge in [0.05, 0.1) is 0 Å². The monoisotopic (exact) mass is 249 g/mol. The summed E-state index contributed by atoms with van der Waals surface area (Å²) in [4.78, 5) is 24.4. The average molecular weight is 249 g/mol. The molecule has 0 radical (unpaired) electrons. The van der Waals surface area contributed by atoms with E-state index in [-0.39, 0.29) is 18.5 Å². The van der Waals surface area contributed by atoms with Crippen LogP contribution in [0.25, 0.3) is 0 Å². The maximum Gasteiger partial charge on any atom is 0.323 e. The summed E-state index contributed by atoms with van der Waals surface area (Å²) >= 11 is 0. The second-order valence-electron chi connectivity index (χ2n) is 4.80. The average Bonchev–Trinajstić information content (AvgIpc) is 2.23. The number of hydrogen-bond donors (Lipinski definition) is 1. The maximum atomic E-state index is 12.3. The van der Waals surface area contributed by atoms with Gasteiger partial charge in [-0.05, 0) is 39.8 Å². The minimum absolute atomic E-state index is 0.144.